The fourth-order valence-corrected chi connectivity index (χ4v) is 2.56. The second-order valence-electron chi connectivity index (χ2n) is 4.81. The molecule has 0 fully saturated rings. The number of amides is 1. The van der Waals surface area contributed by atoms with Gasteiger partial charge in [0.15, 0.2) is 11.5 Å². The van der Waals surface area contributed by atoms with Gasteiger partial charge >= 0.3 is 0 Å². The van der Waals surface area contributed by atoms with Crippen LogP contribution in [0.5, 0.6) is 11.5 Å². The lowest BCUT2D eigenvalue weighted by molar-refractivity contribution is -0.112. The number of ether oxygens (including phenoxy) is 1. The van der Waals surface area contributed by atoms with Crippen LogP contribution >= 0.6 is 27.5 Å². The normalized spacial score (nSPS) is 10.9. The van der Waals surface area contributed by atoms with E-state index in [1.807, 2.05) is 0 Å². The minimum absolute atomic E-state index is 0.0939. The van der Waals surface area contributed by atoms with E-state index in [0.29, 0.717) is 10.0 Å². The van der Waals surface area contributed by atoms with Gasteiger partial charge < -0.3 is 15.2 Å². The molecule has 0 aliphatic carbocycles. The summed E-state index contributed by atoms with van der Waals surface area (Å²) >= 11 is 8.82. The lowest BCUT2D eigenvalue weighted by Crippen LogP contribution is -2.13. The van der Waals surface area contributed by atoms with Gasteiger partial charge in [0.2, 0.25) is 0 Å². The number of halogens is 3. The summed E-state index contributed by atoms with van der Waals surface area (Å²) in [5.74, 6) is -1.21. The zero-order chi connectivity index (χ0) is 18.6. The number of anilines is 1. The molecule has 25 heavy (non-hydrogen) atoms. The van der Waals surface area contributed by atoms with E-state index in [9.17, 15) is 19.6 Å². The smallest absolute Gasteiger partial charge is 0.266 e. The summed E-state index contributed by atoms with van der Waals surface area (Å²) in [6.07, 6.45) is 1.33. The average molecular weight is 426 g/mol. The number of carbonyl (C=O) groups is 1. The molecule has 2 rings (SSSR count). The molecule has 0 aromatic heterocycles. The Bertz CT molecular complexity index is 909. The number of nitrogens with one attached hydrogen (secondary N) is 1. The zero-order valence-corrected chi connectivity index (χ0v) is 15.2. The Morgan fingerprint density at radius 2 is 2.16 bits per heavy atom. The molecular weight excluding hydrogens is 415 g/mol. The predicted octanol–water partition coefficient (Wildman–Crippen LogP) is 4.50. The van der Waals surface area contributed by atoms with Crippen molar-refractivity contribution in [2.24, 2.45) is 0 Å². The van der Waals surface area contributed by atoms with Crippen LogP contribution in [-0.4, -0.2) is 18.1 Å². The molecule has 0 aliphatic rings. The lowest BCUT2D eigenvalue weighted by Gasteiger charge is -2.08. The van der Waals surface area contributed by atoms with Crippen molar-refractivity contribution in [2.45, 2.75) is 0 Å². The van der Waals surface area contributed by atoms with Crippen molar-refractivity contribution in [3.63, 3.8) is 0 Å². The number of rotatable bonds is 4. The van der Waals surface area contributed by atoms with Gasteiger partial charge in [-0.3, -0.25) is 4.79 Å². The molecule has 2 aromatic carbocycles. The van der Waals surface area contributed by atoms with Crippen LogP contribution in [0, 0.1) is 17.1 Å². The topological polar surface area (TPSA) is 82.3 Å². The Balaban J connectivity index is 2.31. The summed E-state index contributed by atoms with van der Waals surface area (Å²) in [5.41, 5.74) is 0.521. The number of nitrogens with zero attached hydrogens (tertiary/aromatic N) is 1. The summed E-state index contributed by atoms with van der Waals surface area (Å²) in [5, 5.41) is 21.3. The van der Waals surface area contributed by atoms with Gasteiger partial charge in [-0.2, -0.15) is 5.26 Å². The average Bonchev–Trinajstić information content (AvgIpc) is 2.58. The van der Waals surface area contributed by atoms with Gasteiger partial charge in [0.1, 0.15) is 17.5 Å². The van der Waals surface area contributed by atoms with E-state index in [0.717, 1.165) is 6.07 Å². The van der Waals surface area contributed by atoms with Crippen molar-refractivity contribution in [1.29, 1.82) is 5.26 Å². The third-order valence-electron chi connectivity index (χ3n) is 3.12. The first kappa shape index (κ1) is 18.8. The van der Waals surface area contributed by atoms with E-state index in [1.165, 1.54) is 37.5 Å². The van der Waals surface area contributed by atoms with Crippen LogP contribution in [0.15, 0.2) is 40.4 Å². The number of carbonyl (C=O) groups excluding carboxylic acids is 1. The number of aromatic hydroxyl groups is 1. The largest absolute Gasteiger partial charge is 0.503 e. The Morgan fingerprint density at radius 1 is 1.44 bits per heavy atom. The number of benzene rings is 2. The van der Waals surface area contributed by atoms with E-state index in [1.54, 1.807) is 6.07 Å². The summed E-state index contributed by atoms with van der Waals surface area (Å²) in [4.78, 5) is 12.2. The second-order valence-corrected chi connectivity index (χ2v) is 6.07. The molecule has 0 atom stereocenters. The summed E-state index contributed by atoms with van der Waals surface area (Å²) in [7, 11) is 1.38. The van der Waals surface area contributed by atoms with Gasteiger partial charge in [-0.1, -0.05) is 11.6 Å². The Labute approximate surface area is 156 Å². The summed E-state index contributed by atoms with van der Waals surface area (Å²) < 4.78 is 18.5. The van der Waals surface area contributed by atoms with Crippen LogP contribution in [0.4, 0.5) is 10.1 Å². The van der Waals surface area contributed by atoms with Crippen LogP contribution in [0.25, 0.3) is 6.08 Å². The predicted molar refractivity (Wildman–Crippen MR) is 96.0 cm³/mol. The Kier molecular flexibility index (Phi) is 6.02. The molecule has 2 aromatic rings. The first-order valence-electron chi connectivity index (χ1n) is 6.80. The fourth-order valence-electron chi connectivity index (χ4n) is 1.92. The number of phenols is 1. The molecule has 0 radical (unpaired) electrons. The summed E-state index contributed by atoms with van der Waals surface area (Å²) in [6.45, 7) is 0. The van der Waals surface area contributed by atoms with Gasteiger partial charge in [-0.25, -0.2) is 4.39 Å². The summed E-state index contributed by atoms with van der Waals surface area (Å²) in [6, 6.07) is 8.46. The highest BCUT2D eigenvalue weighted by molar-refractivity contribution is 9.10. The van der Waals surface area contributed by atoms with Crippen LogP contribution in [0.1, 0.15) is 5.56 Å². The van der Waals surface area contributed by atoms with E-state index in [2.05, 4.69) is 21.2 Å². The van der Waals surface area contributed by atoms with Crippen molar-refractivity contribution in [3.05, 3.63) is 56.8 Å². The third kappa shape index (κ3) is 4.50. The molecule has 0 unspecified atom stereocenters. The molecule has 0 saturated heterocycles. The van der Waals surface area contributed by atoms with Gasteiger partial charge in [0.05, 0.1) is 16.6 Å². The quantitative estimate of drug-likeness (QED) is 0.558. The number of phenolic OH excluding ortho intramolecular Hbond substituents is 1. The number of methoxy groups -OCH3 is 1. The van der Waals surface area contributed by atoms with Crippen LogP contribution in [-0.2, 0) is 4.79 Å². The van der Waals surface area contributed by atoms with Crippen molar-refractivity contribution in [1.82, 2.24) is 0 Å². The standard InChI is InChI=1S/C17H11BrClFN2O3/c1-25-15-6-9(5-12(18)16(15)23)4-10(8-21)17(24)22-11-2-3-14(20)13(19)7-11/h2-7,23H,1H3,(H,22,24)/b10-4-. The van der Waals surface area contributed by atoms with Gasteiger partial charge in [0.25, 0.3) is 5.91 Å². The van der Waals surface area contributed by atoms with Crippen molar-refractivity contribution >= 4 is 45.2 Å². The minimum atomic E-state index is -0.687. The lowest BCUT2D eigenvalue weighted by atomic mass is 10.1. The molecule has 5 nitrogen and oxygen atoms in total. The molecule has 0 saturated carbocycles. The molecule has 0 heterocycles. The number of hydrogen-bond acceptors (Lipinski definition) is 4. The number of hydrogen-bond donors (Lipinski definition) is 2. The Morgan fingerprint density at radius 3 is 2.76 bits per heavy atom. The van der Waals surface area contributed by atoms with E-state index >= 15 is 0 Å². The maximum Gasteiger partial charge on any atom is 0.266 e. The second kappa shape index (κ2) is 8.01. The monoisotopic (exact) mass is 424 g/mol. The van der Waals surface area contributed by atoms with Crippen molar-refractivity contribution in [2.75, 3.05) is 12.4 Å². The maximum atomic E-state index is 13.1. The van der Waals surface area contributed by atoms with E-state index in [4.69, 9.17) is 16.3 Å². The highest BCUT2D eigenvalue weighted by Gasteiger charge is 2.13. The van der Waals surface area contributed by atoms with Crippen LogP contribution in [0.3, 0.4) is 0 Å². The van der Waals surface area contributed by atoms with Crippen molar-refractivity contribution < 1.29 is 19.0 Å². The van der Waals surface area contributed by atoms with Crippen molar-refractivity contribution in [3.8, 4) is 17.6 Å². The van der Waals surface area contributed by atoms with Crippen LogP contribution in [0.2, 0.25) is 5.02 Å². The molecule has 8 heteroatoms. The van der Waals surface area contributed by atoms with Gasteiger partial charge in [-0.05, 0) is 57.9 Å². The van der Waals surface area contributed by atoms with Gasteiger partial charge in [0, 0.05) is 5.69 Å². The maximum absolute atomic E-state index is 13.1. The van der Waals surface area contributed by atoms with Gasteiger partial charge in [-0.15, -0.1) is 0 Å². The highest BCUT2D eigenvalue weighted by atomic mass is 79.9. The van der Waals surface area contributed by atoms with E-state index in [-0.39, 0.29) is 27.8 Å². The molecule has 0 aliphatic heterocycles. The molecule has 0 bridgehead atoms. The van der Waals surface area contributed by atoms with Crippen LogP contribution < -0.4 is 10.1 Å². The SMILES string of the molecule is COc1cc(/C=C(/C#N)C(=O)Nc2ccc(F)c(Cl)c2)cc(Br)c1O. The molecule has 2 N–H and O–H groups in total. The number of nitriles is 1. The minimum Gasteiger partial charge on any atom is -0.503 e. The molecular formula is C17H11BrClFN2O3. The first-order chi connectivity index (χ1) is 11.8. The molecule has 0 spiro atoms. The first-order valence-corrected chi connectivity index (χ1v) is 7.97. The fraction of sp³-hybridized carbons (Fsp3) is 0.0588. The zero-order valence-electron chi connectivity index (χ0n) is 12.8. The highest BCUT2D eigenvalue weighted by Crippen LogP contribution is 2.35. The third-order valence-corrected chi connectivity index (χ3v) is 4.02. The molecule has 128 valence electrons. The van der Waals surface area contributed by atoms with E-state index < -0.39 is 11.7 Å². The molecule has 1 amide bonds. The Hall–Kier alpha value is -2.56.